The molecular weight excluding hydrogens is 551 g/mol. The largest absolute Gasteiger partial charge is 0.383 e. The monoisotopic (exact) mass is 590 g/mol. The van der Waals surface area contributed by atoms with Crippen LogP contribution < -0.4 is 20.9 Å². The number of carbonyl (C=O) groups excluding carboxylic acids is 1. The van der Waals surface area contributed by atoms with Crippen molar-refractivity contribution in [3.63, 3.8) is 0 Å². The summed E-state index contributed by atoms with van der Waals surface area (Å²) < 4.78 is 14.0. The fourth-order valence-corrected chi connectivity index (χ4v) is 5.95. The molecule has 1 aromatic heterocycles. The van der Waals surface area contributed by atoms with Crippen LogP contribution in [0.15, 0.2) is 60.8 Å². The first-order chi connectivity index (χ1) is 21.2. The number of nitrogens with two attached hydrogens (primary N) is 1. The number of fused-ring (bicyclic) bond motifs is 1. The van der Waals surface area contributed by atoms with E-state index in [0.717, 1.165) is 74.4 Å². The summed E-state index contributed by atoms with van der Waals surface area (Å²) in [6.45, 7) is 10.2. The Morgan fingerprint density at radius 3 is 2.50 bits per heavy atom. The van der Waals surface area contributed by atoms with Crippen molar-refractivity contribution in [1.82, 2.24) is 9.88 Å². The van der Waals surface area contributed by atoms with E-state index < -0.39 is 0 Å². The number of carbonyl (C=O) groups is 1. The Balaban J connectivity index is 1.28. The van der Waals surface area contributed by atoms with Gasteiger partial charge in [0.1, 0.15) is 11.6 Å². The number of piperidine rings is 1. The van der Waals surface area contributed by atoms with Gasteiger partial charge in [0.05, 0.1) is 16.9 Å². The van der Waals surface area contributed by atoms with Gasteiger partial charge in [0.2, 0.25) is 0 Å². The molecule has 0 saturated carbocycles. The van der Waals surface area contributed by atoms with Crippen LogP contribution in [0.1, 0.15) is 46.8 Å². The third kappa shape index (κ3) is 6.34. The van der Waals surface area contributed by atoms with Gasteiger partial charge in [-0.3, -0.25) is 4.79 Å². The Bertz CT molecular complexity index is 1750. The molecule has 226 valence electrons. The van der Waals surface area contributed by atoms with Crippen molar-refractivity contribution >= 4 is 39.6 Å². The van der Waals surface area contributed by atoms with E-state index in [0.29, 0.717) is 28.0 Å². The van der Waals surface area contributed by atoms with Crippen LogP contribution in [-0.4, -0.2) is 62.1 Å². The van der Waals surface area contributed by atoms with E-state index in [1.165, 1.54) is 17.8 Å². The number of hydrogen-bond acceptors (Lipinski definition) is 6. The fraction of sp³-hybridized carbons (Fsp3) is 0.333. The van der Waals surface area contributed by atoms with Gasteiger partial charge in [-0.05, 0) is 86.8 Å². The van der Waals surface area contributed by atoms with E-state index in [9.17, 15) is 9.18 Å². The summed E-state index contributed by atoms with van der Waals surface area (Å²) in [6.07, 6.45) is 3.88. The second-order valence-corrected chi connectivity index (χ2v) is 12.1. The molecule has 0 bridgehead atoms. The lowest BCUT2D eigenvalue weighted by molar-refractivity contribution is 0.102. The molecule has 7 nitrogen and oxygen atoms in total. The van der Waals surface area contributed by atoms with Crippen LogP contribution in [-0.2, 0) is 0 Å². The number of rotatable bonds is 4. The zero-order valence-electron chi connectivity index (χ0n) is 25.7. The third-order valence-corrected chi connectivity index (χ3v) is 8.93. The Labute approximate surface area is 258 Å². The number of anilines is 4. The summed E-state index contributed by atoms with van der Waals surface area (Å²) >= 11 is 0. The zero-order valence-corrected chi connectivity index (χ0v) is 25.7. The molecule has 4 aromatic rings. The summed E-state index contributed by atoms with van der Waals surface area (Å²) in [5.74, 6) is 6.65. The number of likely N-dealkylation sites (N-methyl/N-ethyl adjacent to an activating group) is 1. The molecule has 2 saturated heterocycles. The van der Waals surface area contributed by atoms with E-state index in [-0.39, 0.29) is 17.5 Å². The number of aromatic nitrogens is 1. The van der Waals surface area contributed by atoms with Crippen molar-refractivity contribution < 1.29 is 9.18 Å². The lowest BCUT2D eigenvalue weighted by Gasteiger charge is -2.37. The van der Waals surface area contributed by atoms with E-state index in [1.807, 2.05) is 25.1 Å². The van der Waals surface area contributed by atoms with Gasteiger partial charge in [-0.25, -0.2) is 9.37 Å². The maximum Gasteiger partial charge on any atom is 0.255 e. The number of nitrogens with zero attached hydrogens (tertiary/aromatic N) is 4. The molecule has 44 heavy (non-hydrogen) atoms. The first-order valence-electron chi connectivity index (χ1n) is 15.4. The Kier molecular flexibility index (Phi) is 8.40. The summed E-state index contributed by atoms with van der Waals surface area (Å²) in [5.41, 5.74) is 11.8. The van der Waals surface area contributed by atoms with Crippen LogP contribution in [0, 0.1) is 30.5 Å². The quantitative estimate of drug-likeness (QED) is 0.288. The molecule has 0 unspecified atom stereocenters. The van der Waals surface area contributed by atoms with Crippen molar-refractivity contribution in [2.75, 3.05) is 67.2 Å². The summed E-state index contributed by atoms with van der Waals surface area (Å²) in [5, 5.41) is 4.57. The molecule has 0 atom stereocenters. The maximum atomic E-state index is 14.0. The minimum absolute atomic E-state index is 0.194. The van der Waals surface area contributed by atoms with Gasteiger partial charge in [-0.15, -0.1) is 0 Å². The summed E-state index contributed by atoms with van der Waals surface area (Å²) in [6, 6.07) is 16.4. The lowest BCUT2D eigenvalue weighted by atomic mass is 9.98. The average molecular weight is 591 g/mol. The number of pyridine rings is 1. The smallest absolute Gasteiger partial charge is 0.255 e. The molecule has 2 aliphatic heterocycles. The minimum atomic E-state index is -0.365. The first-order valence-corrected chi connectivity index (χ1v) is 15.4. The van der Waals surface area contributed by atoms with Crippen LogP contribution in [0.2, 0.25) is 0 Å². The van der Waals surface area contributed by atoms with E-state index in [4.69, 9.17) is 5.73 Å². The van der Waals surface area contributed by atoms with Crippen molar-refractivity contribution in [2.24, 2.45) is 5.92 Å². The fourth-order valence-electron chi connectivity index (χ4n) is 5.95. The SMILES string of the molecule is Cc1ccc(C(=O)Nc2ccc(N3CCN(C)CC3)cc2N2CCC(C)CC2)cc1C#Cc1c(N)ncc2ccc(F)cc12. The van der Waals surface area contributed by atoms with Gasteiger partial charge >= 0.3 is 0 Å². The molecule has 0 spiro atoms. The number of halogens is 1. The van der Waals surface area contributed by atoms with Gasteiger partial charge in [0, 0.05) is 73.1 Å². The predicted octanol–water partition coefficient (Wildman–Crippen LogP) is 5.90. The number of nitrogen functional groups attached to an aromatic ring is 1. The van der Waals surface area contributed by atoms with E-state index in [2.05, 4.69) is 62.9 Å². The Morgan fingerprint density at radius 2 is 1.73 bits per heavy atom. The lowest BCUT2D eigenvalue weighted by Crippen LogP contribution is -2.44. The standard InChI is InChI=1S/C36H39FN6O/c1-24-12-14-43(15-13-24)34-22-30(42-18-16-41(3)17-19-42)9-11-33(34)40-36(44)27-5-4-25(2)26(20-27)7-10-31-32-21-29(37)8-6-28(32)23-39-35(31)38/h4-6,8-9,11,20-24H,12-19H2,1-3H3,(H2,38,39)(H,40,44). The number of nitrogens with one attached hydrogen (secondary N) is 1. The van der Waals surface area contributed by atoms with Gasteiger partial charge in [-0.1, -0.05) is 24.8 Å². The van der Waals surface area contributed by atoms with Crippen LogP contribution in [0.25, 0.3) is 10.8 Å². The van der Waals surface area contributed by atoms with Crippen LogP contribution in [0.4, 0.5) is 27.3 Å². The molecule has 3 N–H and O–H groups in total. The molecule has 0 radical (unpaired) electrons. The van der Waals surface area contributed by atoms with Gasteiger partial charge in [0.15, 0.2) is 0 Å². The predicted molar refractivity (Wildman–Crippen MR) is 178 cm³/mol. The van der Waals surface area contributed by atoms with Crippen LogP contribution >= 0.6 is 0 Å². The molecule has 8 heteroatoms. The highest BCUT2D eigenvalue weighted by Gasteiger charge is 2.22. The number of aryl methyl sites for hydroxylation is 1. The zero-order chi connectivity index (χ0) is 30.8. The summed E-state index contributed by atoms with van der Waals surface area (Å²) in [4.78, 5) is 25.1. The highest BCUT2D eigenvalue weighted by atomic mass is 19.1. The highest BCUT2D eigenvalue weighted by Crippen LogP contribution is 2.34. The summed E-state index contributed by atoms with van der Waals surface area (Å²) in [7, 11) is 2.16. The van der Waals surface area contributed by atoms with Crippen LogP contribution in [0.5, 0.6) is 0 Å². The number of amides is 1. The van der Waals surface area contributed by atoms with Gasteiger partial charge < -0.3 is 25.8 Å². The van der Waals surface area contributed by atoms with Crippen molar-refractivity contribution in [3.8, 4) is 11.8 Å². The second-order valence-electron chi connectivity index (χ2n) is 12.1. The average Bonchev–Trinajstić information content (AvgIpc) is 3.02. The topological polar surface area (TPSA) is 77.7 Å². The molecule has 0 aliphatic carbocycles. The number of hydrogen-bond donors (Lipinski definition) is 2. The molecule has 2 aliphatic rings. The second kappa shape index (κ2) is 12.6. The molecule has 6 rings (SSSR count). The molecule has 2 fully saturated rings. The normalized spacial score (nSPS) is 16.1. The van der Waals surface area contributed by atoms with Crippen LogP contribution in [0.3, 0.4) is 0 Å². The molecule has 3 heterocycles. The van der Waals surface area contributed by atoms with E-state index >= 15 is 0 Å². The number of benzene rings is 3. The van der Waals surface area contributed by atoms with Crippen molar-refractivity contribution in [2.45, 2.75) is 26.7 Å². The first kappa shape index (κ1) is 29.5. The third-order valence-electron chi connectivity index (χ3n) is 8.93. The molecular formula is C36H39FN6O. The maximum absolute atomic E-state index is 14.0. The Hall–Kier alpha value is -4.61. The molecule has 1 amide bonds. The number of piperazine rings is 1. The van der Waals surface area contributed by atoms with Crippen molar-refractivity contribution in [3.05, 3.63) is 88.9 Å². The Morgan fingerprint density at radius 1 is 0.955 bits per heavy atom. The highest BCUT2D eigenvalue weighted by molar-refractivity contribution is 6.06. The minimum Gasteiger partial charge on any atom is -0.383 e. The molecule has 3 aromatic carbocycles. The van der Waals surface area contributed by atoms with Gasteiger partial charge in [-0.2, -0.15) is 0 Å². The van der Waals surface area contributed by atoms with Crippen molar-refractivity contribution in [1.29, 1.82) is 0 Å². The van der Waals surface area contributed by atoms with E-state index in [1.54, 1.807) is 18.3 Å². The van der Waals surface area contributed by atoms with Gasteiger partial charge in [0.25, 0.3) is 5.91 Å².